The molecule has 1 aliphatic rings. The molecule has 3 rings (SSSR count). The van der Waals surface area contributed by atoms with Crippen LogP contribution in [0.15, 0.2) is 33.9 Å². The summed E-state index contributed by atoms with van der Waals surface area (Å²) in [5.41, 5.74) is 0.136. The van der Waals surface area contributed by atoms with Gasteiger partial charge in [0.1, 0.15) is 0 Å². The third kappa shape index (κ3) is 3.59. The lowest BCUT2D eigenvalue weighted by atomic mass is 9.86. The van der Waals surface area contributed by atoms with Crippen LogP contribution in [0.4, 0.5) is 0 Å². The minimum absolute atomic E-state index is 0.415. The molecule has 112 valence electrons. The molecule has 1 aliphatic carbocycles. The summed E-state index contributed by atoms with van der Waals surface area (Å²) in [4.78, 5) is 0. The lowest BCUT2D eigenvalue weighted by molar-refractivity contribution is 0.0271. The van der Waals surface area contributed by atoms with Crippen LogP contribution in [-0.2, 0) is 0 Å². The van der Waals surface area contributed by atoms with Gasteiger partial charge in [0.15, 0.2) is 0 Å². The number of rotatable bonds is 4. The quantitative estimate of drug-likeness (QED) is 0.855. The molecule has 21 heavy (non-hydrogen) atoms. The molecule has 0 bridgehead atoms. The van der Waals surface area contributed by atoms with Gasteiger partial charge in [-0.05, 0) is 25.0 Å². The maximum atomic E-state index is 10.5. The largest absolute Gasteiger partial charge is 0.411 e. The van der Waals surface area contributed by atoms with E-state index in [1.807, 2.05) is 18.2 Å². The van der Waals surface area contributed by atoms with Crippen LogP contribution in [0, 0.1) is 0 Å². The van der Waals surface area contributed by atoms with E-state index >= 15 is 0 Å². The van der Waals surface area contributed by atoms with Crippen molar-refractivity contribution in [1.82, 2.24) is 10.2 Å². The van der Waals surface area contributed by atoms with E-state index in [1.165, 1.54) is 18.2 Å². The summed E-state index contributed by atoms with van der Waals surface area (Å²) in [6.45, 7) is 0. The Kier molecular flexibility index (Phi) is 4.52. The first-order valence-electron chi connectivity index (χ1n) is 7.10. The molecule has 1 aromatic carbocycles. The molecule has 2 aromatic rings. The summed E-state index contributed by atoms with van der Waals surface area (Å²) in [5.74, 6) is 1.01. The van der Waals surface area contributed by atoms with Gasteiger partial charge in [-0.25, -0.2) is 0 Å². The predicted molar refractivity (Wildman–Crippen MR) is 83.5 cm³/mol. The summed E-state index contributed by atoms with van der Waals surface area (Å²) in [7, 11) is 0. The number of halogens is 1. The molecule has 0 amide bonds. The smallest absolute Gasteiger partial charge is 0.276 e. The van der Waals surface area contributed by atoms with Crippen molar-refractivity contribution in [2.45, 2.75) is 42.9 Å². The standard InChI is InChI=1S/C15H17ClN2O2S/c16-12-7-3-2-6-11(12)13-17-18-14(20-13)21-10-15(19)8-4-1-5-9-15/h2-3,6-7,19H,1,4-5,8-10H2. The Balaban J connectivity index is 1.67. The van der Waals surface area contributed by atoms with Crippen LogP contribution < -0.4 is 0 Å². The summed E-state index contributed by atoms with van der Waals surface area (Å²) in [6.07, 6.45) is 5.10. The van der Waals surface area contributed by atoms with E-state index in [0.717, 1.165) is 31.2 Å². The van der Waals surface area contributed by atoms with E-state index in [-0.39, 0.29) is 0 Å². The van der Waals surface area contributed by atoms with Crippen LogP contribution in [-0.4, -0.2) is 26.7 Å². The van der Waals surface area contributed by atoms with Crippen LogP contribution in [0.3, 0.4) is 0 Å². The number of hydrogen-bond donors (Lipinski definition) is 1. The minimum atomic E-state index is -0.595. The Bertz CT molecular complexity index is 611. The van der Waals surface area contributed by atoms with Crippen molar-refractivity contribution in [1.29, 1.82) is 0 Å². The van der Waals surface area contributed by atoms with Gasteiger partial charge < -0.3 is 9.52 Å². The van der Waals surface area contributed by atoms with E-state index in [9.17, 15) is 5.11 Å². The number of thioether (sulfide) groups is 1. The van der Waals surface area contributed by atoms with Crippen LogP contribution in [0.25, 0.3) is 11.5 Å². The predicted octanol–water partition coefficient (Wildman–Crippen LogP) is 4.18. The van der Waals surface area contributed by atoms with Crippen molar-refractivity contribution in [3.05, 3.63) is 29.3 Å². The highest BCUT2D eigenvalue weighted by Crippen LogP contribution is 2.34. The summed E-state index contributed by atoms with van der Waals surface area (Å²) < 4.78 is 5.63. The van der Waals surface area contributed by atoms with Gasteiger partial charge in [0.2, 0.25) is 5.89 Å². The lowest BCUT2D eigenvalue weighted by Gasteiger charge is -2.31. The summed E-state index contributed by atoms with van der Waals surface area (Å²) in [6, 6.07) is 7.37. The molecule has 0 atom stereocenters. The first kappa shape index (κ1) is 14.9. The zero-order valence-electron chi connectivity index (χ0n) is 11.6. The highest BCUT2D eigenvalue weighted by Gasteiger charge is 2.30. The fraction of sp³-hybridized carbons (Fsp3) is 0.467. The average molecular weight is 325 g/mol. The number of benzene rings is 1. The Hall–Kier alpha value is -1.04. The Morgan fingerprint density at radius 2 is 1.95 bits per heavy atom. The van der Waals surface area contributed by atoms with Gasteiger partial charge in [-0.3, -0.25) is 0 Å². The lowest BCUT2D eigenvalue weighted by Crippen LogP contribution is -2.33. The summed E-state index contributed by atoms with van der Waals surface area (Å²) in [5, 5.41) is 19.6. The fourth-order valence-electron chi connectivity index (χ4n) is 2.56. The van der Waals surface area contributed by atoms with E-state index in [4.69, 9.17) is 16.0 Å². The van der Waals surface area contributed by atoms with Crippen molar-refractivity contribution in [2.75, 3.05) is 5.75 Å². The molecule has 0 aliphatic heterocycles. The average Bonchev–Trinajstić information content (AvgIpc) is 2.95. The van der Waals surface area contributed by atoms with Gasteiger partial charge in [-0.2, -0.15) is 0 Å². The van der Waals surface area contributed by atoms with Crippen LogP contribution >= 0.6 is 23.4 Å². The van der Waals surface area contributed by atoms with E-state index in [1.54, 1.807) is 6.07 Å². The molecule has 1 aromatic heterocycles. The molecule has 6 heteroatoms. The van der Waals surface area contributed by atoms with E-state index < -0.39 is 5.60 Å². The van der Waals surface area contributed by atoms with E-state index in [2.05, 4.69) is 10.2 Å². The highest BCUT2D eigenvalue weighted by molar-refractivity contribution is 7.99. The Morgan fingerprint density at radius 3 is 2.71 bits per heavy atom. The molecular formula is C15H17ClN2O2S. The fourth-order valence-corrected chi connectivity index (χ4v) is 3.70. The number of nitrogens with zero attached hydrogens (tertiary/aromatic N) is 2. The normalized spacial score (nSPS) is 17.8. The molecule has 0 radical (unpaired) electrons. The van der Waals surface area contributed by atoms with Gasteiger partial charge >= 0.3 is 0 Å². The van der Waals surface area contributed by atoms with Gasteiger partial charge in [-0.15, -0.1) is 10.2 Å². The number of hydrogen-bond acceptors (Lipinski definition) is 5. The van der Waals surface area contributed by atoms with Gasteiger partial charge in [0, 0.05) is 5.75 Å². The van der Waals surface area contributed by atoms with Crippen LogP contribution in [0.2, 0.25) is 5.02 Å². The third-order valence-electron chi connectivity index (χ3n) is 3.76. The second-order valence-electron chi connectivity index (χ2n) is 5.43. The third-order valence-corrected chi connectivity index (χ3v) is 5.18. The van der Waals surface area contributed by atoms with Crippen molar-refractivity contribution in [2.24, 2.45) is 0 Å². The molecule has 1 saturated carbocycles. The van der Waals surface area contributed by atoms with Crippen LogP contribution in [0.1, 0.15) is 32.1 Å². The molecule has 1 fully saturated rings. The van der Waals surface area contributed by atoms with Crippen LogP contribution in [0.5, 0.6) is 0 Å². The second kappa shape index (κ2) is 6.38. The topological polar surface area (TPSA) is 59.2 Å². The first-order valence-corrected chi connectivity index (χ1v) is 8.46. The van der Waals surface area contributed by atoms with Gasteiger partial charge in [0.05, 0.1) is 16.2 Å². The molecule has 0 saturated heterocycles. The van der Waals surface area contributed by atoms with Crippen molar-refractivity contribution >= 4 is 23.4 Å². The van der Waals surface area contributed by atoms with Gasteiger partial charge in [0.25, 0.3) is 5.22 Å². The molecule has 1 N–H and O–H groups in total. The molecule has 0 unspecified atom stereocenters. The SMILES string of the molecule is OC1(CSc2nnc(-c3ccccc3Cl)o2)CCCCC1. The molecule has 1 heterocycles. The maximum Gasteiger partial charge on any atom is 0.276 e. The van der Waals surface area contributed by atoms with Crippen molar-refractivity contribution in [3.8, 4) is 11.5 Å². The monoisotopic (exact) mass is 324 g/mol. The second-order valence-corrected chi connectivity index (χ2v) is 6.76. The number of aromatic nitrogens is 2. The first-order chi connectivity index (χ1) is 10.2. The van der Waals surface area contributed by atoms with Gasteiger partial charge in [-0.1, -0.05) is 54.8 Å². The maximum absolute atomic E-state index is 10.5. The zero-order valence-corrected chi connectivity index (χ0v) is 13.2. The molecular weight excluding hydrogens is 308 g/mol. The van der Waals surface area contributed by atoms with Crippen molar-refractivity contribution < 1.29 is 9.52 Å². The highest BCUT2D eigenvalue weighted by atomic mass is 35.5. The Labute approximate surface area is 132 Å². The molecule has 4 nitrogen and oxygen atoms in total. The summed E-state index contributed by atoms with van der Waals surface area (Å²) >= 11 is 7.53. The zero-order chi connectivity index (χ0) is 14.7. The minimum Gasteiger partial charge on any atom is -0.411 e. The van der Waals surface area contributed by atoms with E-state index in [0.29, 0.717) is 21.9 Å². The van der Waals surface area contributed by atoms with Crippen molar-refractivity contribution in [3.63, 3.8) is 0 Å². The Morgan fingerprint density at radius 1 is 1.19 bits per heavy atom. The molecule has 0 spiro atoms. The number of aliphatic hydroxyl groups is 1.